The van der Waals surface area contributed by atoms with Crippen molar-refractivity contribution in [2.75, 3.05) is 44.8 Å². The Kier molecular flexibility index (Phi) is 15.7. The van der Waals surface area contributed by atoms with Crippen molar-refractivity contribution in [1.29, 1.82) is 0 Å². The monoisotopic (exact) mass is 944 g/mol. The molecular formula is C42H42Cl4F2N10O5. The number of nitrogens with two attached hydrogens (primary N) is 2. The number of methoxy groups -OCH3 is 1. The number of likely N-dealkylation sites (tertiary alicyclic amines) is 1. The average molecular weight is 947 g/mol. The summed E-state index contributed by atoms with van der Waals surface area (Å²) in [6.07, 6.45) is 10.3. The van der Waals surface area contributed by atoms with E-state index in [0.29, 0.717) is 34.6 Å². The van der Waals surface area contributed by atoms with Gasteiger partial charge in [-0.3, -0.25) is 4.79 Å². The first-order chi connectivity index (χ1) is 30.1. The minimum atomic E-state index is -0.705. The number of nitrogens with zero attached hydrogens (tertiary/aromatic N) is 7. The molecule has 2 aromatic carbocycles. The number of amides is 1. The summed E-state index contributed by atoms with van der Waals surface area (Å²) in [7, 11) is 1.27. The molecule has 1 aliphatic heterocycles. The van der Waals surface area contributed by atoms with Crippen LogP contribution in [0.2, 0.25) is 20.1 Å². The van der Waals surface area contributed by atoms with Crippen LogP contribution in [-0.4, -0.2) is 79.1 Å². The van der Waals surface area contributed by atoms with Crippen molar-refractivity contribution in [3.63, 3.8) is 0 Å². The van der Waals surface area contributed by atoms with Crippen LogP contribution in [0.3, 0.4) is 0 Å². The minimum Gasteiger partial charge on any atom is -0.482 e. The number of carbonyl (C=O) groups is 2. The van der Waals surface area contributed by atoms with E-state index in [4.69, 9.17) is 67.3 Å². The van der Waals surface area contributed by atoms with Crippen LogP contribution in [0.15, 0.2) is 73.8 Å². The van der Waals surface area contributed by atoms with Crippen molar-refractivity contribution in [3.05, 3.63) is 122 Å². The Morgan fingerprint density at radius 3 is 2.00 bits per heavy atom. The molecule has 0 bridgehead atoms. The zero-order valence-electron chi connectivity index (χ0n) is 34.1. The second-order valence-corrected chi connectivity index (χ2v) is 15.8. The van der Waals surface area contributed by atoms with Crippen LogP contribution in [-0.2, 0) is 16.1 Å². The second kappa shape index (κ2) is 21.1. The van der Waals surface area contributed by atoms with Crippen LogP contribution in [0.1, 0.15) is 60.5 Å². The molecule has 2 atom stereocenters. The van der Waals surface area contributed by atoms with Gasteiger partial charge in [0.05, 0.1) is 41.1 Å². The summed E-state index contributed by atoms with van der Waals surface area (Å²) in [5.74, 6) is -1.06. The van der Waals surface area contributed by atoms with Crippen LogP contribution in [0.4, 0.5) is 20.4 Å². The van der Waals surface area contributed by atoms with Crippen molar-refractivity contribution < 1.29 is 32.6 Å². The Labute approximate surface area is 381 Å². The highest BCUT2D eigenvalue weighted by atomic mass is 35.5. The van der Waals surface area contributed by atoms with Gasteiger partial charge in [-0.25, -0.2) is 33.5 Å². The molecule has 4 aromatic heterocycles. The maximum Gasteiger partial charge on any atom is 0.358 e. The molecule has 5 N–H and O–H groups in total. The first-order valence-corrected chi connectivity index (χ1v) is 20.9. The lowest BCUT2D eigenvalue weighted by Crippen LogP contribution is -2.35. The van der Waals surface area contributed by atoms with Crippen molar-refractivity contribution in [2.45, 2.75) is 45.4 Å². The predicted octanol–water partition coefficient (Wildman–Crippen LogP) is 8.55. The zero-order chi connectivity index (χ0) is 45.4. The number of hydrogen-bond donors (Lipinski definition) is 3. The molecule has 21 heteroatoms. The number of nitrogens with one attached hydrogen (secondary N) is 1. The summed E-state index contributed by atoms with van der Waals surface area (Å²) < 4.78 is 47.4. The fraction of sp³-hybridized carbons (Fsp3) is 0.286. The number of benzene rings is 2. The number of esters is 1. The summed E-state index contributed by atoms with van der Waals surface area (Å²) in [6.45, 7) is 7.20. The molecule has 15 nitrogen and oxygen atoms in total. The highest BCUT2D eigenvalue weighted by molar-refractivity contribution is 6.36. The van der Waals surface area contributed by atoms with E-state index in [0.717, 1.165) is 19.6 Å². The Morgan fingerprint density at radius 1 is 0.810 bits per heavy atom. The molecule has 1 fully saturated rings. The molecule has 0 radical (unpaired) electrons. The molecule has 1 amide bonds. The number of anilines is 2. The quantitative estimate of drug-likeness (QED) is 0.0698. The van der Waals surface area contributed by atoms with Crippen LogP contribution < -0.4 is 26.3 Å². The van der Waals surface area contributed by atoms with Gasteiger partial charge in [0, 0.05) is 64.5 Å². The molecule has 6 aromatic rings. The van der Waals surface area contributed by atoms with Gasteiger partial charge in [-0.2, -0.15) is 0 Å². The lowest BCUT2D eigenvalue weighted by Gasteiger charge is -2.19. The minimum absolute atomic E-state index is 0.0784. The molecule has 2 unspecified atom stereocenters. The van der Waals surface area contributed by atoms with E-state index in [1.807, 2.05) is 0 Å². The number of hydrogen-bond acceptors (Lipinski definition) is 12. The Bertz CT molecular complexity index is 2590. The predicted molar refractivity (Wildman–Crippen MR) is 237 cm³/mol. The standard InChI is InChI=1S/C24H27Cl2FN6O2.C18H15Cl2FN4O3/c1-15(22-17(25)4-5-18(27)23(22)26)35-20-10-16(11-30-24(20)28)19-12-33(14-31-19)13-21(34)29-6-9-32-7-2-3-8-32;1-9(15-11(19)3-4-12(21)16(15)20)28-14-5-10(6-23-17(14)22)25-7-13(24-8-25)18(26)27-2/h4-5,10-12,14-15H,2-3,6-9,13H2,1H3,(H2,28,30)(H,29,34);3-9H,1-2H3,(H2,22,23). The van der Waals surface area contributed by atoms with Crippen LogP contribution >= 0.6 is 46.4 Å². The lowest BCUT2D eigenvalue weighted by molar-refractivity contribution is -0.121. The molecule has 0 aliphatic carbocycles. The van der Waals surface area contributed by atoms with E-state index in [1.165, 1.54) is 62.9 Å². The Balaban J connectivity index is 0.000000215. The second-order valence-electron chi connectivity index (χ2n) is 14.2. The van der Waals surface area contributed by atoms with Crippen molar-refractivity contribution in [3.8, 4) is 28.4 Å². The van der Waals surface area contributed by atoms with Crippen molar-refractivity contribution in [1.82, 2.24) is 39.3 Å². The molecule has 332 valence electrons. The van der Waals surface area contributed by atoms with Crippen LogP contribution in [0.25, 0.3) is 16.9 Å². The SMILES string of the molecule is CC(Oc1cc(-c2cn(CC(=O)NCCN3CCCC3)cn2)cnc1N)c1c(Cl)ccc(F)c1Cl.COC(=O)c1cn(-c2cnc(N)c(OC(C)c3c(Cl)ccc(F)c3Cl)c2)cn1. The van der Waals surface area contributed by atoms with Crippen molar-refractivity contribution >= 4 is 69.9 Å². The number of aromatic nitrogens is 6. The van der Waals surface area contributed by atoms with Gasteiger partial charge in [-0.15, -0.1) is 0 Å². The van der Waals surface area contributed by atoms with Gasteiger partial charge in [0.1, 0.15) is 36.7 Å². The maximum absolute atomic E-state index is 13.9. The molecular weight excluding hydrogens is 904 g/mol. The number of nitrogen functional groups attached to an aromatic ring is 2. The highest BCUT2D eigenvalue weighted by Crippen LogP contribution is 2.38. The summed E-state index contributed by atoms with van der Waals surface area (Å²) in [5.41, 5.74) is 14.4. The maximum atomic E-state index is 13.9. The number of pyridine rings is 2. The molecule has 0 spiro atoms. The van der Waals surface area contributed by atoms with E-state index in [2.05, 4.69) is 34.9 Å². The largest absolute Gasteiger partial charge is 0.482 e. The van der Waals surface area contributed by atoms with E-state index in [1.54, 1.807) is 53.8 Å². The molecule has 1 saturated heterocycles. The number of ether oxygens (including phenoxy) is 3. The van der Waals surface area contributed by atoms with Crippen LogP contribution in [0.5, 0.6) is 11.5 Å². The molecule has 1 aliphatic rings. The number of rotatable bonds is 14. The summed E-state index contributed by atoms with van der Waals surface area (Å²) in [5, 5.41) is 3.26. The van der Waals surface area contributed by atoms with E-state index < -0.39 is 29.8 Å². The highest BCUT2D eigenvalue weighted by Gasteiger charge is 2.22. The third-order valence-electron chi connectivity index (χ3n) is 9.81. The van der Waals surface area contributed by atoms with E-state index >= 15 is 0 Å². The number of carbonyl (C=O) groups excluding carboxylic acids is 2. The molecule has 63 heavy (non-hydrogen) atoms. The Morgan fingerprint density at radius 2 is 1.40 bits per heavy atom. The molecule has 5 heterocycles. The fourth-order valence-corrected chi connectivity index (χ4v) is 7.91. The van der Waals surface area contributed by atoms with Gasteiger partial charge in [0.15, 0.2) is 28.8 Å². The number of halogens is 6. The first kappa shape index (κ1) is 46.8. The first-order valence-electron chi connectivity index (χ1n) is 19.4. The van der Waals surface area contributed by atoms with Gasteiger partial charge in [-0.1, -0.05) is 46.4 Å². The van der Waals surface area contributed by atoms with Gasteiger partial charge in [0.25, 0.3) is 0 Å². The molecule has 7 rings (SSSR count). The van der Waals surface area contributed by atoms with E-state index in [-0.39, 0.29) is 61.4 Å². The smallest absolute Gasteiger partial charge is 0.358 e. The summed E-state index contributed by atoms with van der Waals surface area (Å²) in [4.78, 5) is 42.8. The van der Waals surface area contributed by atoms with Crippen molar-refractivity contribution in [2.24, 2.45) is 0 Å². The average Bonchev–Trinajstić information content (AvgIpc) is 4.07. The lowest BCUT2D eigenvalue weighted by atomic mass is 10.1. The number of imidazole rings is 2. The van der Waals surface area contributed by atoms with Gasteiger partial charge in [-0.05, 0) is 70.1 Å². The summed E-state index contributed by atoms with van der Waals surface area (Å²) >= 11 is 24.5. The van der Waals surface area contributed by atoms with Crippen LogP contribution in [0, 0.1) is 11.6 Å². The van der Waals surface area contributed by atoms with Gasteiger partial charge in [0.2, 0.25) is 5.91 Å². The topological polar surface area (TPSA) is 191 Å². The van der Waals surface area contributed by atoms with Gasteiger partial charge < -0.3 is 45.0 Å². The zero-order valence-corrected chi connectivity index (χ0v) is 37.2. The normalized spacial score (nSPS) is 13.5. The summed E-state index contributed by atoms with van der Waals surface area (Å²) in [6, 6.07) is 8.48. The fourth-order valence-electron chi connectivity index (χ4n) is 6.55. The van der Waals surface area contributed by atoms with E-state index in [9.17, 15) is 18.4 Å². The third-order valence-corrected chi connectivity index (χ3v) is 11.2. The third kappa shape index (κ3) is 11.7. The Hall–Kier alpha value is -5.72. The molecule has 0 saturated carbocycles. The van der Waals surface area contributed by atoms with Gasteiger partial charge >= 0.3 is 5.97 Å².